The van der Waals surface area contributed by atoms with Crippen LogP contribution in [0.15, 0.2) is 24.3 Å². The molecular formula is C14H21N. The van der Waals surface area contributed by atoms with E-state index in [2.05, 4.69) is 49.9 Å². The number of anilines is 1. The van der Waals surface area contributed by atoms with Crippen LogP contribution in [0.3, 0.4) is 0 Å². The Hall–Kier alpha value is -0.980. The highest BCUT2D eigenvalue weighted by Gasteiger charge is 2.22. The standard InChI is InChI=1S/C14H21N/c1-14(2,3)12-8-4-5-9-13(12)15-10-6-7-11-15/h4-5,8-9H,6-7,10-11H2,1-3H3. The molecule has 1 aliphatic rings. The average Bonchev–Trinajstić information content (AvgIpc) is 2.69. The predicted octanol–water partition coefficient (Wildman–Crippen LogP) is 3.58. The van der Waals surface area contributed by atoms with Crippen LogP contribution in [0.25, 0.3) is 0 Å². The molecule has 1 saturated heterocycles. The molecule has 0 N–H and O–H groups in total. The molecule has 0 aromatic heterocycles. The summed E-state index contributed by atoms with van der Waals surface area (Å²) in [7, 11) is 0. The molecule has 1 aliphatic heterocycles. The zero-order valence-electron chi connectivity index (χ0n) is 10.1. The Balaban J connectivity index is 2.37. The summed E-state index contributed by atoms with van der Waals surface area (Å²) in [5.41, 5.74) is 3.17. The number of hydrogen-bond acceptors (Lipinski definition) is 1. The van der Waals surface area contributed by atoms with Crippen LogP contribution in [0.2, 0.25) is 0 Å². The third-order valence-electron chi connectivity index (χ3n) is 3.16. The normalized spacial score (nSPS) is 17.1. The highest BCUT2D eigenvalue weighted by atomic mass is 15.1. The van der Waals surface area contributed by atoms with Gasteiger partial charge in [0.1, 0.15) is 0 Å². The van der Waals surface area contributed by atoms with Crippen LogP contribution in [0.5, 0.6) is 0 Å². The molecule has 0 bridgehead atoms. The van der Waals surface area contributed by atoms with Gasteiger partial charge in [0.2, 0.25) is 0 Å². The summed E-state index contributed by atoms with van der Waals surface area (Å²) in [6.07, 6.45) is 2.69. The molecule has 0 radical (unpaired) electrons. The fourth-order valence-corrected chi connectivity index (χ4v) is 2.34. The number of hydrogen-bond donors (Lipinski definition) is 0. The van der Waals surface area contributed by atoms with Crippen molar-refractivity contribution in [2.45, 2.75) is 39.0 Å². The number of benzene rings is 1. The maximum absolute atomic E-state index is 2.53. The van der Waals surface area contributed by atoms with Crippen molar-refractivity contribution < 1.29 is 0 Å². The van der Waals surface area contributed by atoms with Crippen LogP contribution in [-0.4, -0.2) is 13.1 Å². The summed E-state index contributed by atoms with van der Waals surface area (Å²) >= 11 is 0. The van der Waals surface area contributed by atoms with E-state index in [1.807, 2.05) is 0 Å². The first kappa shape index (κ1) is 10.5. The van der Waals surface area contributed by atoms with Gasteiger partial charge in [0.25, 0.3) is 0 Å². The van der Waals surface area contributed by atoms with Gasteiger partial charge in [0.15, 0.2) is 0 Å². The predicted molar refractivity (Wildman–Crippen MR) is 66.6 cm³/mol. The summed E-state index contributed by atoms with van der Waals surface area (Å²) < 4.78 is 0. The first-order valence-corrected chi connectivity index (χ1v) is 5.93. The van der Waals surface area contributed by atoms with E-state index >= 15 is 0 Å². The molecule has 2 rings (SSSR count). The van der Waals surface area contributed by atoms with Crippen molar-refractivity contribution in [3.8, 4) is 0 Å². The molecule has 0 unspecified atom stereocenters. The van der Waals surface area contributed by atoms with E-state index in [1.54, 1.807) is 0 Å². The van der Waals surface area contributed by atoms with Crippen molar-refractivity contribution in [1.82, 2.24) is 0 Å². The van der Waals surface area contributed by atoms with Crippen LogP contribution in [0.4, 0.5) is 5.69 Å². The second-order valence-electron chi connectivity index (χ2n) is 5.46. The van der Waals surface area contributed by atoms with Gasteiger partial charge in [0.05, 0.1) is 0 Å². The topological polar surface area (TPSA) is 3.24 Å². The first-order chi connectivity index (χ1) is 7.09. The summed E-state index contributed by atoms with van der Waals surface area (Å²) in [6.45, 7) is 9.34. The SMILES string of the molecule is CC(C)(C)c1ccccc1N1CCCC1. The molecule has 1 heterocycles. The maximum atomic E-state index is 2.53. The quantitative estimate of drug-likeness (QED) is 0.674. The van der Waals surface area contributed by atoms with Gasteiger partial charge in [-0.25, -0.2) is 0 Å². The zero-order chi connectivity index (χ0) is 10.9. The summed E-state index contributed by atoms with van der Waals surface area (Å²) in [5, 5.41) is 0. The smallest absolute Gasteiger partial charge is 0.0404 e. The first-order valence-electron chi connectivity index (χ1n) is 5.93. The summed E-state index contributed by atoms with van der Waals surface area (Å²) in [4.78, 5) is 2.53. The molecule has 0 amide bonds. The lowest BCUT2D eigenvalue weighted by molar-refractivity contribution is 0.588. The number of nitrogens with zero attached hydrogens (tertiary/aromatic N) is 1. The Kier molecular flexibility index (Phi) is 2.72. The third kappa shape index (κ3) is 2.17. The molecule has 1 nitrogen and oxygen atoms in total. The zero-order valence-corrected chi connectivity index (χ0v) is 10.1. The van der Waals surface area contributed by atoms with E-state index in [-0.39, 0.29) is 5.41 Å². The fraction of sp³-hybridized carbons (Fsp3) is 0.571. The molecule has 1 heteroatoms. The minimum atomic E-state index is 0.249. The molecule has 1 aromatic carbocycles. The minimum Gasteiger partial charge on any atom is -0.371 e. The second-order valence-corrected chi connectivity index (χ2v) is 5.46. The molecule has 82 valence electrons. The number of para-hydroxylation sites is 1. The average molecular weight is 203 g/mol. The monoisotopic (exact) mass is 203 g/mol. The van der Waals surface area contributed by atoms with E-state index in [0.29, 0.717) is 0 Å². The van der Waals surface area contributed by atoms with E-state index in [1.165, 1.54) is 37.2 Å². The van der Waals surface area contributed by atoms with Crippen LogP contribution in [0, 0.1) is 0 Å². The Morgan fingerprint density at radius 3 is 2.20 bits per heavy atom. The van der Waals surface area contributed by atoms with Gasteiger partial charge >= 0.3 is 0 Å². The fourth-order valence-electron chi connectivity index (χ4n) is 2.34. The molecule has 1 fully saturated rings. The van der Waals surface area contributed by atoms with Gasteiger partial charge < -0.3 is 4.90 Å². The van der Waals surface area contributed by atoms with Gasteiger partial charge in [-0.3, -0.25) is 0 Å². The molecule has 0 atom stereocenters. The lowest BCUT2D eigenvalue weighted by atomic mass is 9.85. The molecule has 0 saturated carbocycles. The highest BCUT2D eigenvalue weighted by Crippen LogP contribution is 2.33. The van der Waals surface area contributed by atoms with Gasteiger partial charge in [-0.05, 0) is 29.9 Å². The van der Waals surface area contributed by atoms with E-state index < -0.39 is 0 Å². The lowest BCUT2D eigenvalue weighted by Crippen LogP contribution is -2.23. The van der Waals surface area contributed by atoms with Crippen molar-refractivity contribution >= 4 is 5.69 Å². The van der Waals surface area contributed by atoms with Crippen LogP contribution < -0.4 is 4.90 Å². The minimum absolute atomic E-state index is 0.249. The van der Waals surface area contributed by atoms with Gasteiger partial charge in [-0.15, -0.1) is 0 Å². The molecule has 0 spiro atoms. The lowest BCUT2D eigenvalue weighted by Gasteiger charge is -2.28. The highest BCUT2D eigenvalue weighted by molar-refractivity contribution is 5.56. The van der Waals surface area contributed by atoms with Crippen LogP contribution in [0.1, 0.15) is 39.2 Å². The maximum Gasteiger partial charge on any atom is 0.0404 e. The van der Waals surface area contributed by atoms with E-state index in [0.717, 1.165) is 0 Å². The number of rotatable bonds is 1. The summed E-state index contributed by atoms with van der Waals surface area (Å²) in [6, 6.07) is 8.85. The van der Waals surface area contributed by atoms with Gasteiger partial charge in [-0.2, -0.15) is 0 Å². The van der Waals surface area contributed by atoms with Crippen molar-refractivity contribution in [1.29, 1.82) is 0 Å². The van der Waals surface area contributed by atoms with E-state index in [9.17, 15) is 0 Å². The van der Waals surface area contributed by atoms with Gasteiger partial charge in [0, 0.05) is 18.8 Å². The Bertz CT molecular complexity index is 329. The van der Waals surface area contributed by atoms with E-state index in [4.69, 9.17) is 0 Å². The van der Waals surface area contributed by atoms with Crippen molar-refractivity contribution in [3.05, 3.63) is 29.8 Å². The summed E-state index contributed by atoms with van der Waals surface area (Å²) in [5.74, 6) is 0. The molecule has 1 aromatic rings. The Morgan fingerprint density at radius 1 is 1.00 bits per heavy atom. The third-order valence-corrected chi connectivity index (χ3v) is 3.16. The van der Waals surface area contributed by atoms with Crippen molar-refractivity contribution in [2.24, 2.45) is 0 Å². The molecule has 0 aliphatic carbocycles. The molecular weight excluding hydrogens is 182 g/mol. The Morgan fingerprint density at radius 2 is 1.60 bits per heavy atom. The Labute approximate surface area is 93.1 Å². The second kappa shape index (κ2) is 3.88. The largest absolute Gasteiger partial charge is 0.371 e. The molecule has 15 heavy (non-hydrogen) atoms. The van der Waals surface area contributed by atoms with Crippen molar-refractivity contribution in [3.63, 3.8) is 0 Å². The van der Waals surface area contributed by atoms with Gasteiger partial charge in [-0.1, -0.05) is 39.0 Å². The van der Waals surface area contributed by atoms with Crippen LogP contribution in [-0.2, 0) is 5.41 Å². The van der Waals surface area contributed by atoms with Crippen molar-refractivity contribution in [2.75, 3.05) is 18.0 Å². The van der Waals surface area contributed by atoms with Crippen LogP contribution >= 0.6 is 0 Å².